The van der Waals surface area contributed by atoms with Crippen LogP contribution in [0, 0.1) is 16.3 Å². The van der Waals surface area contributed by atoms with E-state index in [0.29, 0.717) is 5.56 Å². The lowest BCUT2D eigenvalue weighted by molar-refractivity contribution is 0.422. The minimum atomic E-state index is -1.74. The van der Waals surface area contributed by atoms with Crippen molar-refractivity contribution in [1.82, 2.24) is 0 Å². The van der Waals surface area contributed by atoms with Crippen molar-refractivity contribution in [3.63, 3.8) is 0 Å². The molecule has 0 fully saturated rings. The molecule has 0 amide bonds. The van der Waals surface area contributed by atoms with Gasteiger partial charge >= 0.3 is 7.12 Å². The molecule has 0 bridgehead atoms. The second-order valence-electron chi connectivity index (χ2n) is 2.50. The van der Waals surface area contributed by atoms with Gasteiger partial charge in [0.15, 0.2) is 0 Å². The quantitative estimate of drug-likeness (QED) is 0.578. The van der Waals surface area contributed by atoms with Gasteiger partial charge in [-0.3, -0.25) is 0 Å². The molecular formula is C7H7BFIO2. The molecule has 1 rings (SSSR count). The first-order chi connectivity index (χ1) is 5.52. The Bertz CT molecular complexity index is 304. The summed E-state index contributed by atoms with van der Waals surface area (Å²) < 4.78 is 13.9. The van der Waals surface area contributed by atoms with Gasteiger partial charge in [0, 0.05) is 9.03 Å². The standard InChI is InChI=1S/C7H7BFIO2/c1-4-2-5(10)3-6(7(4)9)8(11)12/h2-3,11-12H,1H3. The van der Waals surface area contributed by atoms with Crippen LogP contribution in [0.3, 0.4) is 0 Å². The molecule has 1 aromatic rings. The van der Waals surface area contributed by atoms with Gasteiger partial charge in [0.2, 0.25) is 0 Å². The van der Waals surface area contributed by atoms with Crippen LogP contribution in [0.2, 0.25) is 0 Å². The van der Waals surface area contributed by atoms with Crippen LogP contribution in [0.4, 0.5) is 4.39 Å². The van der Waals surface area contributed by atoms with Crippen LogP contribution in [-0.4, -0.2) is 17.2 Å². The molecule has 5 heteroatoms. The first-order valence-corrected chi connectivity index (χ1v) is 4.42. The predicted molar refractivity (Wildman–Crippen MR) is 53.7 cm³/mol. The summed E-state index contributed by atoms with van der Waals surface area (Å²) in [5.74, 6) is -0.551. The first-order valence-electron chi connectivity index (χ1n) is 3.34. The number of rotatable bonds is 1. The monoisotopic (exact) mass is 280 g/mol. The van der Waals surface area contributed by atoms with Crippen LogP contribution >= 0.6 is 22.6 Å². The van der Waals surface area contributed by atoms with E-state index < -0.39 is 12.9 Å². The number of benzene rings is 1. The molecule has 2 N–H and O–H groups in total. The fourth-order valence-electron chi connectivity index (χ4n) is 0.939. The molecule has 2 nitrogen and oxygen atoms in total. The van der Waals surface area contributed by atoms with Gasteiger partial charge in [-0.05, 0) is 47.2 Å². The van der Waals surface area contributed by atoms with Gasteiger partial charge in [-0.25, -0.2) is 4.39 Å². The van der Waals surface area contributed by atoms with Crippen molar-refractivity contribution in [2.45, 2.75) is 6.92 Å². The number of aryl methyl sites for hydroxylation is 1. The summed E-state index contributed by atoms with van der Waals surface area (Å²) in [4.78, 5) is 0. The van der Waals surface area contributed by atoms with E-state index in [1.54, 1.807) is 13.0 Å². The Morgan fingerprint density at radius 3 is 2.50 bits per heavy atom. The van der Waals surface area contributed by atoms with Crippen molar-refractivity contribution in [3.8, 4) is 0 Å². The maximum atomic E-state index is 13.1. The topological polar surface area (TPSA) is 40.5 Å². The van der Waals surface area contributed by atoms with Gasteiger partial charge in [-0.2, -0.15) is 0 Å². The molecule has 0 aliphatic rings. The van der Waals surface area contributed by atoms with E-state index in [2.05, 4.69) is 0 Å². The van der Waals surface area contributed by atoms with Crippen LogP contribution in [-0.2, 0) is 0 Å². The molecule has 0 saturated heterocycles. The Labute approximate surface area is 83.7 Å². The molecule has 0 aromatic heterocycles. The third kappa shape index (κ3) is 1.96. The van der Waals surface area contributed by atoms with Crippen molar-refractivity contribution in [1.29, 1.82) is 0 Å². The van der Waals surface area contributed by atoms with Gasteiger partial charge in [-0.15, -0.1) is 0 Å². The highest BCUT2D eigenvalue weighted by Gasteiger charge is 2.18. The van der Waals surface area contributed by atoms with Crippen molar-refractivity contribution < 1.29 is 14.4 Å². The van der Waals surface area contributed by atoms with E-state index in [1.807, 2.05) is 22.6 Å². The van der Waals surface area contributed by atoms with Crippen LogP contribution in [0.5, 0.6) is 0 Å². The zero-order valence-electron chi connectivity index (χ0n) is 6.38. The molecule has 12 heavy (non-hydrogen) atoms. The molecule has 0 spiro atoms. The maximum Gasteiger partial charge on any atom is 0.491 e. The SMILES string of the molecule is Cc1cc(I)cc(B(O)O)c1F. The van der Waals surface area contributed by atoms with Crippen LogP contribution in [0.15, 0.2) is 12.1 Å². The Kier molecular flexibility index (Phi) is 3.08. The molecule has 0 atom stereocenters. The normalized spacial score (nSPS) is 10.1. The molecular weight excluding hydrogens is 273 g/mol. The Hall–Kier alpha value is -0.135. The van der Waals surface area contributed by atoms with Gasteiger partial charge < -0.3 is 10.0 Å². The van der Waals surface area contributed by atoms with Crippen LogP contribution in [0.1, 0.15) is 5.56 Å². The summed E-state index contributed by atoms with van der Waals surface area (Å²) in [6.45, 7) is 1.59. The Morgan fingerprint density at radius 1 is 1.42 bits per heavy atom. The zero-order valence-corrected chi connectivity index (χ0v) is 8.54. The molecule has 64 valence electrons. The molecule has 0 unspecified atom stereocenters. The van der Waals surface area contributed by atoms with Crippen molar-refractivity contribution >= 4 is 35.2 Å². The number of hydrogen-bond donors (Lipinski definition) is 2. The second kappa shape index (κ2) is 3.72. The predicted octanol–water partition coefficient (Wildman–Crippen LogP) is 0.419. The van der Waals surface area contributed by atoms with Gasteiger partial charge in [0.25, 0.3) is 0 Å². The molecule has 0 aliphatic carbocycles. The lowest BCUT2D eigenvalue weighted by atomic mass is 9.79. The summed E-state index contributed by atoms with van der Waals surface area (Å²) in [5, 5.41) is 17.5. The minimum Gasteiger partial charge on any atom is -0.423 e. The van der Waals surface area contributed by atoms with E-state index in [1.165, 1.54) is 6.07 Å². The largest absolute Gasteiger partial charge is 0.491 e. The summed E-state index contributed by atoms with van der Waals surface area (Å²) in [5.41, 5.74) is 0.351. The van der Waals surface area contributed by atoms with Crippen molar-refractivity contribution in [3.05, 3.63) is 27.1 Å². The summed E-state index contributed by atoms with van der Waals surface area (Å²) >= 11 is 1.99. The third-order valence-corrected chi connectivity index (χ3v) is 2.15. The Balaban J connectivity index is 3.28. The molecule has 0 aliphatic heterocycles. The fourth-order valence-corrected chi connectivity index (χ4v) is 1.74. The van der Waals surface area contributed by atoms with Gasteiger partial charge in [0.05, 0.1) is 0 Å². The smallest absolute Gasteiger partial charge is 0.423 e. The first kappa shape index (κ1) is 9.95. The average molecular weight is 280 g/mol. The molecule has 0 radical (unpaired) electrons. The summed E-state index contributed by atoms with van der Waals surface area (Å²) in [6.07, 6.45) is 0. The van der Waals surface area contributed by atoms with Crippen LogP contribution < -0.4 is 5.46 Å². The highest BCUT2D eigenvalue weighted by molar-refractivity contribution is 14.1. The van der Waals surface area contributed by atoms with E-state index >= 15 is 0 Å². The maximum absolute atomic E-state index is 13.1. The van der Waals surface area contributed by atoms with E-state index in [-0.39, 0.29) is 5.46 Å². The molecule has 0 heterocycles. The van der Waals surface area contributed by atoms with E-state index in [9.17, 15) is 4.39 Å². The fraction of sp³-hybridized carbons (Fsp3) is 0.143. The number of halogens is 2. The van der Waals surface area contributed by atoms with E-state index in [0.717, 1.165) is 3.57 Å². The van der Waals surface area contributed by atoms with Crippen molar-refractivity contribution in [2.75, 3.05) is 0 Å². The second-order valence-corrected chi connectivity index (χ2v) is 3.75. The molecule has 0 saturated carbocycles. The lowest BCUT2D eigenvalue weighted by Gasteiger charge is -2.04. The minimum absolute atomic E-state index is 0.0700. The van der Waals surface area contributed by atoms with E-state index in [4.69, 9.17) is 10.0 Å². The summed E-state index contributed by atoms with van der Waals surface area (Å²) in [6, 6.07) is 3.05. The van der Waals surface area contributed by atoms with Gasteiger partial charge in [-0.1, -0.05) is 0 Å². The summed E-state index contributed by atoms with van der Waals surface area (Å²) in [7, 11) is -1.74. The van der Waals surface area contributed by atoms with Gasteiger partial charge in [0.1, 0.15) is 5.82 Å². The third-order valence-electron chi connectivity index (χ3n) is 1.53. The average Bonchev–Trinajstić information content (AvgIpc) is 1.96. The lowest BCUT2D eigenvalue weighted by Crippen LogP contribution is -2.33. The number of hydrogen-bond acceptors (Lipinski definition) is 2. The zero-order chi connectivity index (χ0) is 9.30. The highest BCUT2D eigenvalue weighted by atomic mass is 127. The highest BCUT2D eigenvalue weighted by Crippen LogP contribution is 2.09. The van der Waals surface area contributed by atoms with Crippen LogP contribution in [0.25, 0.3) is 0 Å². The molecule has 1 aromatic carbocycles. The Morgan fingerprint density at radius 2 is 2.00 bits per heavy atom. The van der Waals surface area contributed by atoms with Crippen molar-refractivity contribution in [2.24, 2.45) is 0 Å².